The van der Waals surface area contributed by atoms with Crippen LogP contribution in [0.2, 0.25) is 0 Å². The van der Waals surface area contributed by atoms with E-state index in [0.29, 0.717) is 28.7 Å². The molecular weight excluding hydrogens is 454 g/mol. The van der Waals surface area contributed by atoms with Crippen LogP contribution in [0.15, 0.2) is 100 Å². The fourth-order valence-corrected chi connectivity index (χ4v) is 3.57. The van der Waals surface area contributed by atoms with Crippen molar-refractivity contribution in [2.24, 2.45) is 22.4 Å². The third kappa shape index (κ3) is 6.82. The summed E-state index contributed by atoms with van der Waals surface area (Å²) in [6.07, 6.45) is 12.9. The lowest BCUT2D eigenvalue weighted by atomic mass is 9.97. The number of benzene rings is 1. The molecule has 9 heteroatoms. The van der Waals surface area contributed by atoms with Gasteiger partial charge in [0.15, 0.2) is 0 Å². The van der Waals surface area contributed by atoms with Crippen molar-refractivity contribution in [1.29, 1.82) is 5.41 Å². The smallest absolute Gasteiger partial charge is 0.131 e. The standard InChI is InChI=1S/C27H35N7O2/c1-17(2)18(13-28)12-26(30)34-27-10-9-24-25(33-27)11-19(14-32-24)22(15-31-3)23(29)16-36-21-7-5-20(35-4)6-8-21/h5-15,17,24,29,31-32H,16,28,30H2,1-4H3,(H,33,34)/b18-13+,22-15-,26-12+,29-23?. The largest absolute Gasteiger partial charge is 0.497 e. The molecule has 8 N–H and O–H groups in total. The first-order valence-corrected chi connectivity index (χ1v) is 11.7. The molecule has 0 saturated heterocycles. The summed E-state index contributed by atoms with van der Waals surface area (Å²) in [6.45, 7) is 4.20. The molecule has 2 aliphatic rings. The number of ether oxygens (including phenoxy) is 2. The van der Waals surface area contributed by atoms with E-state index in [1.54, 1.807) is 26.6 Å². The molecule has 1 aromatic carbocycles. The van der Waals surface area contributed by atoms with Crippen LogP contribution in [0.25, 0.3) is 0 Å². The Balaban J connectivity index is 1.73. The van der Waals surface area contributed by atoms with Crippen molar-refractivity contribution in [1.82, 2.24) is 16.0 Å². The molecule has 3 rings (SSSR count). The maximum Gasteiger partial charge on any atom is 0.131 e. The van der Waals surface area contributed by atoms with E-state index < -0.39 is 0 Å². The lowest BCUT2D eigenvalue weighted by Crippen LogP contribution is -2.34. The number of hydrogen-bond donors (Lipinski definition) is 6. The molecule has 2 heterocycles. The Morgan fingerprint density at radius 3 is 2.61 bits per heavy atom. The van der Waals surface area contributed by atoms with Crippen LogP contribution in [0, 0.1) is 11.3 Å². The van der Waals surface area contributed by atoms with Crippen molar-refractivity contribution in [2.45, 2.75) is 19.9 Å². The van der Waals surface area contributed by atoms with E-state index in [1.165, 1.54) is 0 Å². The molecule has 9 nitrogen and oxygen atoms in total. The summed E-state index contributed by atoms with van der Waals surface area (Å²) in [5, 5.41) is 18.1. The summed E-state index contributed by atoms with van der Waals surface area (Å²) in [7, 11) is 3.41. The van der Waals surface area contributed by atoms with E-state index >= 15 is 0 Å². The molecule has 1 unspecified atom stereocenters. The Morgan fingerprint density at radius 1 is 1.25 bits per heavy atom. The lowest BCUT2D eigenvalue weighted by molar-refractivity contribution is 0.373. The van der Waals surface area contributed by atoms with E-state index in [-0.39, 0.29) is 18.6 Å². The first kappa shape index (κ1) is 26.2. The zero-order valence-corrected chi connectivity index (χ0v) is 21.1. The molecule has 36 heavy (non-hydrogen) atoms. The normalized spacial score (nSPS) is 17.9. The Hall–Kier alpha value is -4.40. The molecule has 190 valence electrons. The summed E-state index contributed by atoms with van der Waals surface area (Å²) < 4.78 is 11.0. The highest BCUT2D eigenvalue weighted by molar-refractivity contribution is 6.03. The number of aliphatic imine (C=N–C) groups is 1. The van der Waals surface area contributed by atoms with Gasteiger partial charge >= 0.3 is 0 Å². The predicted octanol–water partition coefficient (Wildman–Crippen LogP) is 2.79. The summed E-state index contributed by atoms with van der Waals surface area (Å²) in [5.41, 5.74) is 15.4. The molecule has 0 spiro atoms. The molecule has 0 aromatic heterocycles. The predicted molar refractivity (Wildman–Crippen MR) is 146 cm³/mol. The van der Waals surface area contributed by atoms with Crippen LogP contribution in [0.1, 0.15) is 13.8 Å². The van der Waals surface area contributed by atoms with Gasteiger partial charge in [-0.2, -0.15) is 0 Å². The van der Waals surface area contributed by atoms with E-state index in [4.69, 9.17) is 31.3 Å². The Morgan fingerprint density at radius 2 is 1.97 bits per heavy atom. The first-order valence-electron chi connectivity index (χ1n) is 11.7. The van der Waals surface area contributed by atoms with Crippen LogP contribution >= 0.6 is 0 Å². The number of amidine groups is 1. The molecule has 0 bridgehead atoms. The fourth-order valence-electron chi connectivity index (χ4n) is 3.57. The minimum atomic E-state index is -0.0692. The highest BCUT2D eigenvalue weighted by Crippen LogP contribution is 2.24. The van der Waals surface area contributed by atoms with Gasteiger partial charge in [0.25, 0.3) is 0 Å². The molecular formula is C27H35N7O2. The second kappa shape index (κ2) is 12.3. The Labute approximate surface area is 212 Å². The highest BCUT2D eigenvalue weighted by atomic mass is 16.5. The molecule has 0 radical (unpaired) electrons. The number of allylic oxidation sites excluding steroid dienone is 4. The molecule has 2 aliphatic heterocycles. The van der Waals surface area contributed by atoms with Crippen molar-refractivity contribution in [3.05, 3.63) is 95.4 Å². The molecule has 0 fully saturated rings. The van der Waals surface area contributed by atoms with Gasteiger partial charge < -0.3 is 42.3 Å². The van der Waals surface area contributed by atoms with Gasteiger partial charge in [0.1, 0.15) is 29.8 Å². The van der Waals surface area contributed by atoms with Crippen LogP contribution < -0.4 is 36.9 Å². The van der Waals surface area contributed by atoms with Crippen molar-refractivity contribution < 1.29 is 9.47 Å². The monoisotopic (exact) mass is 489 g/mol. The molecule has 0 saturated carbocycles. The van der Waals surface area contributed by atoms with Gasteiger partial charge in [0.2, 0.25) is 0 Å². The number of methoxy groups -OCH3 is 1. The van der Waals surface area contributed by atoms with Crippen molar-refractivity contribution in [2.75, 3.05) is 20.8 Å². The number of nitrogens with two attached hydrogens (primary N) is 2. The van der Waals surface area contributed by atoms with E-state index in [0.717, 1.165) is 22.6 Å². The second-order valence-corrected chi connectivity index (χ2v) is 8.50. The molecule has 0 amide bonds. The zero-order chi connectivity index (χ0) is 26.1. The summed E-state index contributed by atoms with van der Waals surface area (Å²) >= 11 is 0. The van der Waals surface area contributed by atoms with Crippen molar-refractivity contribution in [3.63, 3.8) is 0 Å². The van der Waals surface area contributed by atoms with E-state index in [1.807, 2.05) is 68.6 Å². The summed E-state index contributed by atoms with van der Waals surface area (Å²) in [6, 6.07) is 7.19. The quantitative estimate of drug-likeness (QED) is 0.219. The van der Waals surface area contributed by atoms with Crippen molar-refractivity contribution >= 4 is 11.5 Å². The van der Waals surface area contributed by atoms with Gasteiger partial charge in [-0.1, -0.05) is 19.9 Å². The number of fused-ring (bicyclic) bond motifs is 1. The van der Waals surface area contributed by atoms with Gasteiger partial charge in [0, 0.05) is 30.6 Å². The second-order valence-electron chi connectivity index (χ2n) is 8.50. The third-order valence-corrected chi connectivity index (χ3v) is 5.56. The molecule has 1 aromatic rings. The first-order chi connectivity index (χ1) is 17.3. The van der Waals surface area contributed by atoms with Crippen LogP contribution in [0.3, 0.4) is 0 Å². The maximum absolute atomic E-state index is 8.64. The summed E-state index contributed by atoms with van der Waals surface area (Å²) in [5.74, 6) is 2.73. The Kier molecular flexibility index (Phi) is 8.99. The minimum Gasteiger partial charge on any atom is -0.497 e. The van der Waals surface area contributed by atoms with Crippen LogP contribution in [0.4, 0.5) is 0 Å². The van der Waals surface area contributed by atoms with Crippen LogP contribution in [-0.4, -0.2) is 38.4 Å². The molecule has 0 aliphatic carbocycles. The lowest BCUT2D eigenvalue weighted by Gasteiger charge is -2.25. The van der Waals surface area contributed by atoms with E-state index in [9.17, 15) is 0 Å². The average molecular weight is 490 g/mol. The summed E-state index contributed by atoms with van der Waals surface area (Å²) in [4.78, 5) is 4.73. The minimum absolute atomic E-state index is 0.0692. The van der Waals surface area contributed by atoms with Gasteiger partial charge in [-0.15, -0.1) is 0 Å². The van der Waals surface area contributed by atoms with E-state index in [2.05, 4.69) is 16.0 Å². The average Bonchev–Trinajstić information content (AvgIpc) is 2.88. The van der Waals surface area contributed by atoms with Crippen molar-refractivity contribution in [3.8, 4) is 11.5 Å². The Bertz CT molecular complexity index is 1170. The van der Waals surface area contributed by atoms with Crippen LogP contribution in [-0.2, 0) is 0 Å². The number of dihydropyridines is 2. The van der Waals surface area contributed by atoms with Crippen LogP contribution in [0.5, 0.6) is 11.5 Å². The number of nitrogens with zero attached hydrogens (tertiary/aromatic N) is 1. The van der Waals surface area contributed by atoms with Gasteiger partial charge in [-0.3, -0.25) is 0 Å². The zero-order valence-electron chi connectivity index (χ0n) is 21.1. The number of nitrogens with one attached hydrogen (secondary N) is 4. The van der Waals surface area contributed by atoms with Gasteiger partial charge in [0.05, 0.1) is 24.6 Å². The third-order valence-electron chi connectivity index (χ3n) is 5.56. The van der Waals surface area contributed by atoms with Gasteiger partial charge in [-0.05, 0) is 60.2 Å². The molecule has 1 atom stereocenters. The number of hydrogen-bond acceptors (Lipinski definition) is 9. The maximum atomic E-state index is 8.64. The topological polar surface area (TPSA) is 143 Å². The van der Waals surface area contributed by atoms with Gasteiger partial charge in [-0.25, -0.2) is 4.99 Å². The SMILES string of the molecule is CN/C=C(\C(=N)COc1ccc(OC)cc1)C1=CNC2C=CC(N/C(N)=C/C(=C\N)C(C)C)=NC2=C1. The number of rotatable bonds is 10. The fraction of sp³-hybridized carbons (Fsp3) is 0.259. The highest BCUT2D eigenvalue weighted by Gasteiger charge is 2.22.